The number of methoxy groups -OCH3 is 1. The molecule has 1 aliphatic rings. The van der Waals surface area contributed by atoms with Gasteiger partial charge in [0.15, 0.2) is 6.29 Å². The van der Waals surface area contributed by atoms with Crippen LogP contribution in [0.1, 0.15) is 0 Å². The average molecular weight is 223 g/mol. The van der Waals surface area contributed by atoms with Gasteiger partial charge >= 0.3 is 0 Å². The summed E-state index contributed by atoms with van der Waals surface area (Å²) in [5, 5.41) is 36.9. The van der Waals surface area contributed by atoms with Gasteiger partial charge in [0.2, 0.25) is 0 Å². The number of ether oxygens (including phenoxy) is 2. The van der Waals surface area contributed by atoms with Gasteiger partial charge in [-0.25, -0.2) is 0 Å². The van der Waals surface area contributed by atoms with Gasteiger partial charge in [0, 0.05) is 7.11 Å². The van der Waals surface area contributed by atoms with Crippen molar-refractivity contribution < 1.29 is 29.9 Å². The van der Waals surface area contributed by atoms with Crippen LogP contribution in [-0.2, 0) is 9.47 Å². The fourth-order valence-corrected chi connectivity index (χ4v) is 1.53. The van der Waals surface area contributed by atoms with E-state index in [0.29, 0.717) is 0 Å². The number of nitrogens with two attached hydrogens (primary N) is 1. The van der Waals surface area contributed by atoms with E-state index in [0.717, 1.165) is 0 Å². The molecule has 0 amide bonds. The van der Waals surface area contributed by atoms with Crippen molar-refractivity contribution in [3.8, 4) is 0 Å². The van der Waals surface area contributed by atoms with Crippen LogP contribution in [0.25, 0.3) is 0 Å². The molecule has 15 heavy (non-hydrogen) atoms. The smallest absolute Gasteiger partial charge is 0.185 e. The molecule has 0 aromatic rings. The highest BCUT2D eigenvalue weighted by Gasteiger charge is 2.46. The SMILES string of the molecule is CO[C@@H]1O[C@H]([C@@H](O)[C@H](O)CO)[C@H](N)[C@@H]1O. The molecule has 6 atom stereocenters. The van der Waals surface area contributed by atoms with Crippen LogP contribution in [0, 0.1) is 0 Å². The summed E-state index contributed by atoms with van der Waals surface area (Å²) in [5.74, 6) is 0. The highest BCUT2D eigenvalue weighted by Crippen LogP contribution is 2.23. The van der Waals surface area contributed by atoms with Crippen LogP contribution in [0.4, 0.5) is 0 Å². The molecular formula is C8H17NO6. The van der Waals surface area contributed by atoms with Crippen LogP contribution in [0.2, 0.25) is 0 Å². The van der Waals surface area contributed by atoms with E-state index >= 15 is 0 Å². The van der Waals surface area contributed by atoms with Crippen molar-refractivity contribution in [1.29, 1.82) is 0 Å². The predicted molar refractivity (Wildman–Crippen MR) is 48.8 cm³/mol. The first-order valence-electron chi connectivity index (χ1n) is 4.61. The lowest BCUT2D eigenvalue weighted by molar-refractivity contribution is -0.175. The molecule has 0 radical (unpaired) electrons. The second-order valence-corrected chi connectivity index (χ2v) is 3.51. The fourth-order valence-electron chi connectivity index (χ4n) is 1.53. The van der Waals surface area contributed by atoms with E-state index in [2.05, 4.69) is 0 Å². The molecule has 90 valence electrons. The Hall–Kier alpha value is -0.280. The van der Waals surface area contributed by atoms with Crippen molar-refractivity contribution in [1.82, 2.24) is 0 Å². The summed E-state index contributed by atoms with van der Waals surface area (Å²) >= 11 is 0. The first-order valence-corrected chi connectivity index (χ1v) is 4.61. The maximum Gasteiger partial charge on any atom is 0.185 e. The highest BCUT2D eigenvalue weighted by molar-refractivity contribution is 4.95. The number of rotatable bonds is 4. The van der Waals surface area contributed by atoms with E-state index in [4.69, 9.17) is 20.3 Å². The van der Waals surface area contributed by atoms with Gasteiger partial charge in [-0.1, -0.05) is 0 Å². The zero-order valence-corrected chi connectivity index (χ0v) is 8.35. The zero-order chi connectivity index (χ0) is 11.6. The fraction of sp³-hybridized carbons (Fsp3) is 1.00. The first-order chi connectivity index (χ1) is 7.02. The normalized spacial score (nSPS) is 40.4. The maximum absolute atomic E-state index is 9.54. The molecule has 7 nitrogen and oxygen atoms in total. The summed E-state index contributed by atoms with van der Waals surface area (Å²) in [6.45, 7) is -0.610. The Morgan fingerprint density at radius 2 is 2.07 bits per heavy atom. The van der Waals surface area contributed by atoms with Gasteiger partial charge in [0.1, 0.15) is 24.4 Å². The standard InChI is InChI=1S/C8H17NO6/c1-14-8-6(13)4(9)7(15-8)5(12)3(11)2-10/h3-8,10-13H,2,9H2,1H3/t3-,4-,5+,6+,7+,8-/m1/s1. The number of hydrogen-bond acceptors (Lipinski definition) is 7. The van der Waals surface area contributed by atoms with Gasteiger partial charge in [0.05, 0.1) is 12.6 Å². The number of hydrogen-bond donors (Lipinski definition) is 5. The summed E-state index contributed by atoms with van der Waals surface area (Å²) in [7, 11) is 1.33. The third-order valence-electron chi connectivity index (χ3n) is 2.49. The van der Waals surface area contributed by atoms with Crippen LogP contribution in [-0.4, -0.2) is 70.9 Å². The van der Waals surface area contributed by atoms with Crippen molar-refractivity contribution >= 4 is 0 Å². The molecule has 0 unspecified atom stereocenters. The molecule has 0 aromatic carbocycles. The topological polar surface area (TPSA) is 125 Å². The minimum absolute atomic E-state index is 0.610. The van der Waals surface area contributed by atoms with Gasteiger partial charge in [0.25, 0.3) is 0 Å². The Morgan fingerprint density at radius 3 is 2.47 bits per heavy atom. The van der Waals surface area contributed by atoms with Crippen molar-refractivity contribution in [2.75, 3.05) is 13.7 Å². The molecule has 0 saturated carbocycles. The predicted octanol–water partition coefficient (Wildman–Crippen LogP) is -3.24. The molecule has 1 saturated heterocycles. The van der Waals surface area contributed by atoms with Gasteiger partial charge in [-0.15, -0.1) is 0 Å². The molecule has 1 heterocycles. The summed E-state index contributed by atoms with van der Waals surface area (Å²) in [5.41, 5.74) is 5.57. The Balaban J connectivity index is 2.64. The van der Waals surface area contributed by atoms with Gasteiger partial charge in [-0.05, 0) is 0 Å². The summed E-state index contributed by atoms with van der Waals surface area (Å²) < 4.78 is 9.88. The Bertz CT molecular complexity index is 204. The van der Waals surface area contributed by atoms with Gasteiger partial charge in [-0.2, -0.15) is 0 Å². The molecular weight excluding hydrogens is 206 g/mol. The second-order valence-electron chi connectivity index (χ2n) is 3.51. The van der Waals surface area contributed by atoms with Crippen molar-refractivity contribution in [3.63, 3.8) is 0 Å². The zero-order valence-electron chi connectivity index (χ0n) is 8.35. The first kappa shape index (κ1) is 12.8. The molecule has 1 aliphatic heterocycles. The molecule has 0 aromatic heterocycles. The minimum Gasteiger partial charge on any atom is -0.394 e. The van der Waals surface area contributed by atoms with Crippen LogP contribution < -0.4 is 5.73 Å². The Kier molecular flexibility index (Phi) is 4.41. The third-order valence-corrected chi connectivity index (χ3v) is 2.49. The Morgan fingerprint density at radius 1 is 1.47 bits per heavy atom. The van der Waals surface area contributed by atoms with E-state index in [1.54, 1.807) is 0 Å². The lowest BCUT2D eigenvalue weighted by Crippen LogP contribution is -2.50. The third kappa shape index (κ3) is 2.45. The Labute approximate surface area is 87.0 Å². The van der Waals surface area contributed by atoms with Crippen LogP contribution in [0.5, 0.6) is 0 Å². The lowest BCUT2D eigenvalue weighted by atomic mass is 10.0. The monoisotopic (exact) mass is 223 g/mol. The van der Waals surface area contributed by atoms with E-state index < -0.39 is 43.4 Å². The molecule has 0 bridgehead atoms. The molecule has 7 heteroatoms. The molecule has 0 aliphatic carbocycles. The second kappa shape index (κ2) is 5.17. The van der Waals surface area contributed by atoms with Crippen molar-refractivity contribution in [2.24, 2.45) is 5.73 Å². The van der Waals surface area contributed by atoms with E-state index in [9.17, 15) is 15.3 Å². The highest BCUT2D eigenvalue weighted by atomic mass is 16.7. The number of aliphatic hydroxyl groups is 4. The summed E-state index contributed by atoms with van der Waals surface area (Å²) in [6, 6.07) is -0.869. The quantitative estimate of drug-likeness (QED) is 0.339. The van der Waals surface area contributed by atoms with Crippen LogP contribution in [0.3, 0.4) is 0 Å². The largest absolute Gasteiger partial charge is 0.394 e. The minimum atomic E-state index is -1.36. The van der Waals surface area contributed by atoms with Gasteiger partial charge < -0.3 is 35.6 Å². The van der Waals surface area contributed by atoms with E-state index in [1.165, 1.54) is 7.11 Å². The maximum atomic E-state index is 9.54. The number of aliphatic hydroxyl groups excluding tert-OH is 4. The molecule has 0 spiro atoms. The summed E-state index contributed by atoms with van der Waals surface area (Å²) in [4.78, 5) is 0. The van der Waals surface area contributed by atoms with E-state index in [-0.39, 0.29) is 0 Å². The van der Waals surface area contributed by atoms with Crippen molar-refractivity contribution in [2.45, 2.75) is 36.7 Å². The van der Waals surface area contributed by atoms with Crippen molar-refractivity contribution in [3.05, 3.63) is 0 Å². The van der Waals surface area contributed by atoms with Crippen LogP contribution >= 0.6 is 0 Å². The molecule has 1 rings (SSSR count). The molecule has 6 N–H and O–H groups in total. The molecule has 1 fully saturated rings. The van der Waals surface area contributed by atoms with E-state index in [1.807, 2.05) is 0 Å². The van der Waals surface area contributed by atoms with Gasteiger partial charge in [-0.3, -0.25) is 0 Å². The summed E-state index contributed by atoms with van der Waals surface area (Å²) in [6.07, 6.45) is -5.68. The van der Waals surface area contributed by atoms with Crippen LogP contribution in [0.15, 0.2) is 0 Å². The lowest BCUT2D eigenvalue weighted by Gasteiger charge is -2.24. The average Bonchev–Trinajstić information content (AvgIpc) is 2.54.